The van der Waals surface area contributed by atoms with Crippen molar-refractivity contribution in [2.75, 3.05) is 0 Å². The molecule has 1 aromatic rings. The highest BCUT2D eigenvalue weighted by Gasteiger charge is 2.22. The number of halogens is 2. The first-order chi connectivity index (χ1) is 9.95. The summed E-state index contributed by atoms with van der Waals surface area (Å²) in [6.45, 7) is 1.36. The monoisotopic (exact) mass is 328 g/mol. The predicted octanol–water partition coefficient (Wildman–Crippen LogP) is 3.80. The van der Waals surface area contributed by atoms with Crippen molar-refractivity contribution >= 4 is 35.1 Å². The van der Waals surface area contributed by atoms with E-state index in [2.05, 4.69) is 0 Å². The standard InChI is InChI=1S/C15H14Cl2O4/c1-9(18)20-11-3-5-12(6-4-11)21-15(19)13-7-2-10(16)8-14(13)17/h2-3,5,7-8,11-12H,4,6H2,1H3/t11-,12+/m1/s1. The van der Waals surface area contributed by atoms with Gasteiger partial charge in [0.2, 0.25) is 0 Å². The van der Waals surface area contributed by atoms with Gasteiger partial charge in [-0.3, -0.25) is 4.79 Å². The van der Waals surface area contributed by atoms with Crippen molar-refractivity contribution < 1.29 is 19.1 Å². The Morgan fingerprint density at radius 2 is 1.71 bits per heavy atom. The first-order valence-electron chi connectivity index (χ1n) is 6.47. The minimum Gasteiger partial charge on any atom is -0.458 e. The summed E-state index contributed by atoms with van der Waals surface area (Å²) in [6, 6.07) is 4.60. The van der Waals surface area contributed by atoms with Crippen LogP contribution >= 0.6 is 23.2 Å². The van der Waals surface area contributed by atoms with Crippen LogP contribution in [0.25, 0.3) is 0 Å². The molecule has 0 aliphatic heterocycles. The summed E-state index contributed by atoms with van der Waals surface area (Å²) in [5.41, 5.74) is 0.275. The molecule has 6 heteroatoms. The molecule has 0 saturated carbocycles. The third kappa shape index (κ3) is 4.48. The molecular formula is C15H14Cl2O4. The SMILES string of the molecule is CC(=O)O[C@@H]1C=C[C@H](OC(=O)c2ccc(Cl)cc2Cl)CC1. The van der Waals surface area contributed by atoms with Crippen LogP contribution < -0.4 is 0 Å². The van der Waals surface area contributed by atoms with E-state index in [0.717, 1.165) is 0 Å². The highest BCUT2D eigenvalue weighted by molar-refractivity contribution is 6.36. The van der Waals surface area contributed by atoms with Crippen LogP contribution in [0.2, 0.25) is 10.0 Å². The molecule has 1 aliphatic rings. The third-order valence-corrected chi connectivity index (χ3v) is 3.55. The lowest BCUT2D eigenvalue weighted by molar-refractivity contribution is -0.144. The topological polar surface area (TPSA) is 52.6 Å². The summed E-state index contributed by atoms with van der Waals surface area (Å²) in [4.78, 5) is 22.9. The van der Waals surface area contributed by atoms with Gasteiger partial charge >= 0.3 is 11.9 Å². The van der Waals surface area contributed by atoms with E-state index in [-0.39, 0.29) is 28.8 Å². The minimum atomic E-state index is -0.503. The van der Waals surface area contributed by atoms with Gasteiger partial charge < -0.3 is 9.47 Å². The second-order valence-corrected chi connectivity index (χ2v) is 5.52. The van der Waals surface area contributed by atoms with E-state index in [9.17, 15) is 9.59 Å². The Kier molecular flexibility index (Phi) is 5.26. The fourth-order valence-corrected chi connectivity index (χ4v) is 2.52. The molecule has 0 amide bonds. The van der Waals surface area contributed by atoms with E-state index in [1.165, 1.54) is 19.1 Å². The number of carbonyl (C=O) groups is 2. The number of carbonyl (C=O) groups excluding carboxylic acids is 2. The van der Waals surface area contributed by atoms with Gasteiger partial charge in [-0.2, -0.15) is 0 Å². The van der Waals surface area contributed by atoms with Gasteiger partial charge in [-0.1, -0.05) is 23.2 Å². The maximum Gasteiger partial charge on any atom is 0.340 e. The molecule has 112 valence electrons. The number of rotatable bonds is 3. The molecule has 0 spiro atoms. The predicted molar refractivity (Wildman–Crippen MR) is 79.6 cm³/mol. The van der Waals surface area contributed by atoms with Gasteiger partial charge in [0.1, 0.15) is 12.2 Å². The molecule has 0 bridgehead atoms. The van der Waals surface area contributed by atoms with Gasteiger partial charge in [-0.05, 0) is 43.2 Å². The maximum absolute atomic E-state index is 12.0. The zero-order valence-electron chi connectivity index (χ0n) is 11.3. The Bertz CT molecular complexity index is 583. The largest absolute Gasteiger partial charge is 0.458 e. The van der Waals surface area contributed by atoms with E-state index in [0.29, 0.717) is 17.9 Å². The second kappa shape index (κ2) is 6.96. The van der Waals surface area contributed by atoms with Gasteiger partial charge in [0.15, 0.2) is 0 Å². The van der Waals surface area contributed by atoms with Crippen LogP contribution in [0.3, 0.4) is 0 Å². The molecule has 0 fully saturated rings. The molecule has 4 nitrogen and oxygen atoms in total. The zero-order valence-corrected chi connectivity index (χ0v) is 12.9. The van der Waals surface area contributed by atoms with Crippen molar-refractivity contribution in [3.63, 3.8) is 0 Å². The van der Waals surface area contributed by atoms with Gasteiger partial charge in [0.05, 0.1) is 10.6 Å². The number of hydrogen-bond donors (Lipinski definition) is 0. The first-order valence-corrected chi connectivity index (χ1v) is 7.23. The van der Waals surface area contributed by atoms with E-state index < -0.39 is 5.97 Å². The molecule has 0 aromatic heterocycles. The lowest BCUT2D eigenvalue weighted by Gasteiger charge is -2.22. The first kappa shape index (κ1) is 15.9. The Hall–Kier alpha value is -1.52. The number of esters is 2. The summed E-state index contributed by atoms with van der Waals surface area (Å²) < 4.78 is 10.4. The normalized spacial score (nSPS) is 20.9. The average Bonchev–Trinajstić information content (AvgIpc) is 2.40. The van der Waals surface area contributed by atoms with Crippen LogP contribution in [-0.4, -0.2) is 24.1 Å². The number of ether oxygens (including phenoxy) is 2. The van der Waals surface area contributed by atoms with Crippen molar-refractivity contribution in [1.29, 1.82) is 0 Å². The molecule has 0 heterocycles. The summed E-state index contributed by atoms with van der Waals surface area (Å²) in [6.07, 6.45) is 4.05. The zero-order chi connectivity index (χ0) is 15.4. The van der Waals surface area contributed by atoms with Gasteiger partial charge in [0.25, 0.3) is 0 Å². The van der Waals surface area contributed by atoms with Crippen molar-refractivity contribution in [2.24, 2.45) is 0 Å². The van der Waals surface area contributed by atoms with E-state index in [1.54, 1.807) is 18.2 Å². The van der Waals surface area contributed by atoms with Crippen LogP contribution in [0.5, 0.6) is 0 Å². The highest BCUT2D eigenvalue weighted by atomic mass is 35.5. The van der Waals surface area contributed by atoms with Gasteiger partial charge in [0, 0.05) is 11.9 Å². The molecule has 0 saturated heterocycles. The van der Waals surface area contributed by atoms with E-state index in [4.69, 9.17) is 32.7 Å². The maximum atomic E-state index is 12.0. The van der Waals surface area contributed by atoms with Gasteiger partial charge in [-0.15, -0.1) is 0 Å². The molecule has 0 unspecified atom stereocenters. The molecular weight excluding hydrogens is 315 g/mol. The van der Waals surface area contributed by atoms with Crippen LogP contribution in [0.15, 0.2) is 30.4 Å². The lowest BCUT2D eigenvalue weighted by atomic mass is 10.0. The molecule has 2 atom stereocenters. The quantitative estimate of drug-likeness (QED) is 0.625. The summed E-state index contributed by atoms with van der Waals surface area (Å²) >= 11 is 11.7. The van der Waals surface area contributed by atoms with Crippen molar-refractivity contribution in [3.8, 4) is 0 Å². The van der Waals surface area contributed by atoms with E-state index >= 15 is 0 Å². The van der Waals surface area contributed by atoms with Crippen LogP contribution in [0.4, 0.5) is 0 Å². The van der Waals surface area contributed by atoms with Crippen molar-refractivity contribution in [3.05, 3.63) is 46.0 Å². The fourth-order valence-electron chi connectivity index (χ4n) is 2.03. The number of hydrogen-bond acceptors (Lipinski definition) is 4. The van der Waals surface area contributed by atoms with Crippen LogP contribution in [0.1, 0.15) is 30.1 Å². The van der Waals surface area contributed by atoms with Crippen molar-refractivity contribution in [2.45, 2.75) is 32.0 Å². The molecule has 0 radical (unpaired) electrons. The fraction of sp³-hybridized carbons (Fsp3) is 0.333. The molecule has 1 aromatic carbocycles. The Labute approximate surface area is 132 Å². The molecule has 2 rings (SSSR count). The molecule has 0 N–H and O–H groups in total. The smallest absolute Gasteiger partial charge is 0.340 e. The summed E-state index contributed by atoms with van der Waals surface area (Å²) in [5.74, 6) is -0.828. The second-order valence-electron chi connectivity index (χ2n) is 4.68. The van der Waals surface area contributed by atoms with Crippen LogP contribution in [0, 0.1) is 0 Å². The molecule has 1 aliphatic carbocycles. The third-order valence-electron chi connectivity index (χ3n) is 3.00. The Morgan fingerprint density at radius 1 is 1.10 bits per heavy atom. The number of benzene rings is 1. The minimum absolute atomic E-state index is 0.253. The van der Waals surface area contributed by atoms with E-state index in [1.807, 2.05) is 0 Å². The summed E-state index contributed by atoms with van der Waals surface area (Å²) in [7, 11) is 0. The molecule has 21 heavy (non-hydrogen) atoms. The highest BCUT2D eigenvalue weighted by Crippen LogP contribution is 2.24. The average molecular weight is 329 g/mol. The lowest BCUT2D eigenvalue weighted by Crippen LogP contribution is -2.25. The Balaban J connectivity index is 1.96. The Morgan fingerprint density at radius 3 is 2.24 bits per heavy atom. The van der Waals surface area contributed by atoms with Gasteiger partial charge in [-0.25, -0.2) is 4.79 Å². The summed E-state index contributed by atoms with van der Waals surface area (Å²) in [5, 5.41) is 0.711. The van der Waals surface area contributed by atoms with Crippen molar-refractivity contribution in [1.82, 2.24) is 0 Å². The van der Waals surface area contributed by atoms with Crippen LogP contribution in [-0.2, 0) is 14.3 Å².